The topological polar surface area (TPSA) is 47.6 Å². The van der Waals surface area contributed by atoms with Crippen LogP contribution in [0, 0.1) is 6.92 Å². The van der Waals surface area contributed by atoms with Crippen LogP contribution in [0.3, 0.4) is 0 Å². The van der Waals surface area contributed by atoms with Crippen LogP contribution < -0.4 is 10.1 Å². The van der Waals surface area contributed by atoms with E-state index in [4.69, 9.17) is 21.1 Å². The van der Waals surface area contributed by atoms with Gasteiger partial charge in [0.2, 0.25) is 0 Å². The molecule has 0 fully saturated rings. The van der Waals surface area contributed by atoms with Gasteiger partial charge >= 0.3 is 0 Å². The number of rotatable bonds is 6. The van der Waals surface area contributed by atoms with Crippen molar-refractivity contribution in [1.29, 1.82) is 0 Å². The molecule has 0 spiro atoms. The molecule has 0 unspecified atom stereocenters. The molecule has 4 nitrogen and oxygen atoms in total. The van der Waals surface area contributed by atoms with Crippen molar-refractivity contribution in [3.8, 4) is 5.75 Å². The van der Waals surface area contributed by atoms with Crippen LogP contribution >= 0.6 is 11.6 Å². The highest BCUT2D eigenvalue weighted by Gasteiger charge is 2.13. The zero-order valence-electron chi connectivity index (χ0n) is 14.4. The third-order valence-corrected chi connectivity index (χ3v) is 4.04. The summed E-state index contributed by atoms with van der Waals surface area (Å²) in [4.78, 5) is 12.5. The minimum atomic E-state index is -0.200. The zero-order chi connectivity index (χ0) is 17.7. The number of hydrogen-bond donors (Lipinski definition) is 1. The minimum Gasteiger partial charge on any atom is -0.496 e. The molecule has 0 aromatic heterocycles. The molecule has 0 aliphatic rings. The van der Waals surface area contributed by atoms with Crippen LogP contribution in [0.1, 0.15) is 35.3 Å². The number of halogens is 1. The van der Waals surface area contributed by atoms with E-state index in [9.17, 15) is 4.79 Å². The monoisotopic (exact) mass is 347 g/mol. The van der Waals surface area contributed by atoms with Gasteiger partial charge in [-0.2, -0.15) is 0 Å². The maximum absolute atomic E-state index is 12.5. The van der Waals surface area contributed by atoms with Gasteiger partial charge in [0.1, 0.15) is 5.75 Å². The highest BCUT2D eigenvalue weighted by Crippen LogP contribution is 2.25. The average Bonchev–Trinajstić information content (AvgIpc) is 2.56. The Balaban J connectivity index is 2.22. The maximum atomic E-state index is 12.5. The van der Waals surface area contributed by atoms with Gasteiger partial charge in [0, 0.05) is 21.8 Å². The summed E-state index contributed by atoms with van der Waals surface area (Å²) in [6.45, 7) is 6.18. The fourth-order valence-electron chi connectivity index (χ4n) is 2.23. The molecule has 5 heteroatoms. The molecular formula is C19H22ClNO3. The molecule has 0 atom stereocenters. The summed E-state index contributed by atoms with van der Waals surface area (Å²) in [6.07, 6.45) is 0.0984. The Bertz CT molecular complexity index is 729. The summed E-state index contributed by atoms with van der Waals surface area (Å²) >= 11 is 6.09. The number of carbonyl (C=O) groups is 1. The van der Waals surface area contributed by atoms with Crippen molar-refractivity contribution in [2.75, 3.05) is 12.4 Å². The van der Waals surface area contributed by atoms with Crippen LogP contribution in [0.4, 0.5) is 5.69 Å². The molecule has 1 N–H and O–H groups in total. The van der Waals surface area contributed by atoms with Gasteiger partial charge < -0.3 is 14.8 Å². The molecule has 0 bridgehead atoms. The highest BCUT2D eigenvalue weighted by atomic mass is 35.5. The van der Waals surface area contributed by atoms with Crippen LogP contribution in [0.5, 0.6) is 5.75 Å². The third-order valence-electron chi connectivity index (χ3n) is 3.63. The van der Waals surface area contributed by atoms with Crippen molar-refractivity contribution in [3.05, 3.63) is 58.1 Å². The molecule has 0 saturated carbocycles. The lowest BCUT2D eigenvalue weighted by atomic mass is 10.1. The number of nitrogens with one attached hydrogen (secondary N) is 1. The Hall–Kier alpha value is -2.04. The van der Waals surface area contributed by atoms with Crippen LogP contribution in [0.25, 0.3) is 0 Å². The number of ether oxygens (including phenoxy) is 2. The molecule has 2 aromatic rings. The smallest absolute Gasteiger partial charge is 0.255 e. The van der Waals surface area contributed by atoms with E-state index in [2.05, 4.69) is 5.32 Å². The summed E-state index contributed by atoms with van der Waals surface area (Å²) in [6, 6.07) is 10.7. The number of amides is 1. The van der Waals surface area contributed by atoms with Crippen molar-refractivity contribution in [2.45, 2.75) is 33.5 Å². The van der Waals surface area contributed by atoms with E-state index < -0.39 is 0 Å². The molecule has 1 amide bonds. The maximum Gasteiger partial charge on any atom is 0.255 e. The lowest BCUT2D eigenvalue weighted by molar-refractivity contribution is 0.0644. The number of benzene rings is 2. The lowest BCUT2D eigenvalue weighted by Crippen LogP contribution is -2.14. The molecule has 0 aliphatic carbocycles. The molecule has 0 radical (unpaired) electrons. The lowest BCUT2D eigenvalue weighted by Gasteiger charge is -2.14. The Labute approximate surface area is 147 Å². The predicted octanol–water partition coefficient (Wildman–Crippen LogP) is 4.83. The van der Waals surface area contributed by atoms with Crippen molar-refractivity contribution in [2.24, 2.45) is 0 Å². The molecule has 0 saturated heterocycles. The van der Waals surface area contributed by atoms with Crippen molar-refractivity contribution >= 4 is 23.2 Å². The van der Waals surface area contributed by atoms with Gasteiger partial charge in [-0.1, -0.05) is 17.7 Å². The fourth-order valence-corrected chi connectivity index (χ4v) is 2.40. The number of carbonyl (C=O) groups excluding carboxylic acids is 1. The Morgan fingerprint density at radius 1 is 1.25 bits per heavy atom. The minimum absolute atomic E-state index is 0.0984. The second-order valence-corrected chi connectivity index (χ2v) is 6.16. The Morgan fingerprint density at radius 2 is 2.00 bits per heavy atom. The third kappa shape index (κ3) is 4.49. The first-order valence-electron chi connectivity index (χ1n) is 7.77. The van der Waals surface area contributed by atoms with Gasteiger partial charge in [-0.05, 0) is 56.7 Å². The van der Waals surface area contributed by atoms with Gasteiger partial charge in [0.25, 0.3) is 5.91 Å². The molecular weight excluding hydrogens is 326 g/mol. The molecule has 0 heterocycles. The number of methoxy groups -OCH3 is 1. The van der Waals surface area contributed by atoms with Gasteiger partial charge in [0.05, 0.1) is 19.8 Å². The van der Waals surface area contributed by atoms with E-state index in [1.807, 2.05) is 26.8 Å². The van der Waals surface area contributed by atoms with Crippen LogP contribution in [0.15, 0.2) is 36.4 Å². The zero-order valence-corrected chi connectivity index (χ0v) is 15.1. The highest BCUT2D eigenvalue weighted by molar-refractivity contribution is 6.31. The molecule has 2 aromatic carbocycles. The molecule has 24 heavy (non-hydrogen) atoms. The van der Waals surface area contributed by atoms with Crippen LogP contribution in [0.2, 0.25) is 5.02 Å². The van der Waals surface area contributed by atoms with Gasteiger partial charge in [-0.3, -0.25) is 4.79 Å². The van der Waals surface area contributed by atoms with E-state index >= 15 is 0 Å². The first-order chi connectivity index (χ1) is 11.4. The largest absolute Gasteiger partial charge is 0.496 e. The quantitative estimate of drug-likeness (QED) is 0.813. The summed E-state index contributed by atoms with van der Waals surface area (Å²) in [5, 5.41) is 3.51. The number of anilines is 1. The summed E-state index contributed by atoms with van der Waals surface area (Å²) in [7, 11) is 1.60. The van der Waals surface area contributed by atoms with E-state index in [1.165, 1.54) is 0 Å². The number of hydrogen-bond acceptors (Lipinski definition) is 3. The predicted molar refractivity (Wildman–Crippen MR) is 97.1 cm³/mol. The SMILES string of the molecule is COc1ccc(C(=O)Nc2cccc(Cl)c2C)cc1COC(C)C. The summed E-state index contributed by atoms with van der Waals surface area (Å²) < 4.78 is 11.0. The summed E-state index contributed by atoms with van der Waals surface area (Å²) in [5.74, 6) is 0.500. The second-order valence-electron chi connectivity index (χ2n) is 5.75. The van der Waals surface area contributed by atoms with Gasteiger partial charge in [-0.25, -0.2) is 0 Å². The fraction of sp³-hybridized carbons (Fsp3) is 0.316. The van der Waals surface area contributed by atoms with E-state index in [1.54, 1.807) is 37.4 Å². The van der Waals surface area contributed by atoms with E-state index in [-0.39, 0.29) is 12.0 Å². The van der Waals surface area contributed by atoms with E-state index in [0.717, 1.165) is 11.1 Å². The standard InChI is InChI=1S/C19H22ClNO3/c1-12(2)24-11-15-10-14(8-9-18(15)23-4)19(22)21-17-7-5-6-16(20)13(17)3/h5-10,12H,11H2,1-4H3,(H,21,22). The normalized spacial score (nSPS) is 10.8. The van der Waals surface area contributed by atoms with Crippen molar-refractivity contribution in [1.82, 2.24) is 0 Å². The first kappa shape index (κ1) is 18.3. The van der Waals surface area contributed by atoms with E-state index in [0.29, 0.717) is 28.6 Å². The Morgan fingerprint density at radius 3 is 2.67 bits per heavy atom. The first-order valence-corrected chi connectivity index (χ1v) is 8.15. The van der Waals surface area contributed by atoms with Crippen molar-refractivity contribution in [3.63, 3.8) is 0 Å². The molecule has 2 rings (SSSR count). The van der Waals surface area contributed by atoms with Crippen molar-refractivity contribution < 1.29 is 14.3 Å². The Kier molecular flexibility index (Phi) is 6.23. The van der Waals surface area contributed by atoms with Crippen LogP contribution in [-0.4, -0.2) is 19.1 Å². The van der Waals surface area contributed by atoms with Gasteiger partial charge in [-0.15, -0.1) is 0 Å². The average molecular weight is 348 g/mol. The summed E-state index contributed by atoms with van der Waals surface area (Å²) in [5.41, 5.74) is 2.91. The van der Waals surface area contributed by atoms with Crippen LogP contribution in [-0.2, 0) is 11.3 Å². The second kappa shape index (κ2) is 8.18. The molecule has 128 valence electrons. The van der Waals surface area contributed by atoms with Gasteiger partial charge in [0.15, 0.2) is 0 Å². The molecule has 0 aliphatic heterocycles.